The Kier molecular flexibility index (Phi) is 4.32. The number of aromatic hydroxyl groups is 1. The Morgan fingerprint density at radius 1 is 1.62 bits per heavy atom. The van der Waals surface area contributed by atoms with Gasteiger partial charge in [-0.3, -0.25) is 4.79 Å². The van der Waals surface area contributed by atoms with Gasteiger partial charge in [0.25, 0.3) is 0 Å². The van der Waals surface area contributed by atoms with Crippen LogP contribution in [0, 0.1) is 11.3 Å². The first-order chi connectivity index (χ1) is 7.60. The van der Waals surface area contributed by atoms with Crippen LogP contribution in [-0.4, -0.2) is 17.7 Å². The van der Waals surface area contributed by atoms with Gasteiger partial charge in [-0.25, -0.2) is 0 Å². The van der Waals surface area contributed by atoms with Crippen molar-refractivity contribution in [2.24, 2.45) is 0 Å². The lowest BCUT2D eigenvalue weighted by molar-refractivity contribution is -0.142. The third-order valence-corrected chi connectivity index (χ3v) is 2.72. The predicted molar refractivity (Wildman–Crippen MR) is 60.9 cm³/mol. The molecule has 1 rings (SSSR count). The minimum Gasteiger partial charge on any atom is -0.506 e. The molecule has 0 saturated heterocycles. The highest BCUT2D eigenvalue weighted by Crippen LogP contribution is 2.29. The average molecular weight is 284 g/mol. The maximum absolute atomic E-state index is 11.3. The second kappa shape index (κ2) is 5.52. The second-order valence-electron chi connectivity index (χ2n) is 3.02. The molecule has 0 heterocycles. The molecule has 0 aliphatic rings. The summed E-state index contributed by atoms with van der Waals surface area (Å²) in [6.45, 7) is 1.99. The van der Waals surface area contributed by atoms with Crippen LogP contribution in [0.1, 0.15) is 18.1 Å². The molecule has 0 radical (unpaired) electrons. The summed E-state index contributed by atoms with van der Waals surface area (Å²) in [7, 11) is 0. The standard InChI is InChI=1S/C11H10BrNO3/c1-2-16-10(14)5-8-9(12)4-3-7(6-13)11(8)15/h3-4,15H,2,5H2,1H3. The molecule has 0 amide bonds. The van der Waals surface area contributed by atoms with Crippen molar-refractivity contribution in [2.45, 2.75) is 13.3 Å². The molecule has 0 fully saturated rings. The zero-order chi connectivity index (χ0) is 12.1. The molecular weight excluding hydrogens is 274 g/mol. The Labute approximate surface area is 102 Å². The van der Waals surface area contributed by atoms with E-state index in [2.05, 4.69) is 15.9 Å². The number of phenols is 1. The van der Waals surface area contributed by atoms with E-state index in [-0.39, 0.29) is 24.3 Å². The number of rotatable bonds is 3. The number of phenolic OH excluding ortho intramolecular Hbond substituents is 1. The van der Waals surface area contributed by atoms with E-state index in [0.29, 0.717) is 10.0 Å². The van der Waals surface area contributed by atoms with E-state index in [9.17, 15) is 9.90 Å². The fourth-order valence-electron chi connectivity index (χ4n) is 1.23. The molecule has 0 saturated carbocycles. The van der Waals surface area contributed by atoms with Crippen LogP contribution in [-0.2, 0) is 16.0 Å². The average Bonchev–Trinajstić information content (AvgIpc) is 2.25. The van der Waals surface area contributed by atoms with Gasteiger partial charge in [0, 0.05) is 10.0 Å². The number of hydrogen-bond acceptors (Lipinski definition) is 4. The van der Waals surface area contributed by atoms with Crippen molar-refractivity contribution in [1.82, 2.24) is 0 Å². The summed E-state index contributed by atoms with van der Waals surface area (Å²) in [5, 5.41) is 18.5. The molecule has 1 aromatic carbocycles. The zero-order valence-corrected chi connectivity index (χ0v) is 10.2. The van der Waals surface area contributed by atoms with Gasteiger partial charge in [-0.1, -0.05) is 15.9 Å². The number of halogens is 1. The van der Waals surface area contributed by atoms with Crippen molar-refractivity contribution in [3.8, 4) is 11.8 Å². The Balaban J connectivity index is 3.04. The number of ether oxygens (including phenoxy) is 1. The number of carbonyl (C=O) groups is 1. The monoisotopic (exact) mass is 283 g/mol. The van der Waals surface area contributed by atoms with E-state index in [4.69, 9.17) is 10.00 Å². The highest BCUT2D eigenvalue weighted by atomic mass is 79.9. The lowest BCUT2D eigenvalue weighted by atomic mass is 10.1. The van der Waals surface area contributed by atoms with Gasteiger partial charge in [0.15, 0.2) is 0 Å². The summed E-state index contributed by atoms with van der Waals surface area (Å²) in [6, 6.07) is 4.94. The predicted octanol–water partition coefficient (Wildman–Crippen LogP) is 2.13. The lowest BCUT2D eigenvalue weighted by Crippen LogP contribution is -2.08. The van der Waals surface area contributed by atoms with Crippen molar-refractivity contribution in [2.75, 3.05) is 6.61 Å². The third kappa shape index (κ3) is 2.74. The quantitative estimate of drug-likeness (QED) is 0.863. The molecule has 0 atom stereocenters. The number of nitriles is 1. The number of carbonyl (C=O) groups excluding carboxylic acids is 1. The summed E-state index contributed by atoms with van der Waals surface area (Å²) >= 11 is 3.21. The van der Waals surface area contributed by atoms with Gasteiger partial charge in [-0.2, -0.15) is 5.26 Å². The maximum atomic E-state index is 11.3. The molecular formula is C11H10BrNO3. The van der Waals surface area contributed by atoms with E-state index in [1.54, 1.807) is 13.0 Å². The smallest absolute Gasteiger partial charge is 0.310 e. The lowest BCUT2D eigenvalue weighted by Gasteiger charge is -2.07. The fourth-order valence-corrected chi connectivity index (χ4v) is 1.69. The van der Waals surface area contributed by atoms with Gasteiger partial charge in [-0.15, -0.1) is 0 Å². The van der Waals surface area contributed by atoms with Crippen LogP contribution in [0.25, 0.3) is 0 Å². The minimum atomic E-state index is -0.436. The molecule has 1 aromatic rings. The molecule has 1 N–H and O–H groups in total. The number of benzene rings is 1. The van der Waals surface area contributed by atoms with Crippen molar-refractivity contribution >= 4 is 21.9 Å². The van der Waals surface area contributed by atoms with Crippen LogP contribution in [0.5, 0.6) is 5.75 Å². The largest absolute Gasteiger partial charge is 0.506 e. The Morgan fingerprint density at radius 2 is 2.31 bits per heavy atom. The van der Waals surface area contributed by atoms with Crippen molar-refractivity contribution in [3.05, 3.63) is 27.7 Å². The van der Waals surface area contributed by atoms with Crippen LogP contribution >= 0.6 is 15.9 Å². The fraction of sp³-hybridized carbons (Fsp3) is 0.273. The van der Waals surface area contributed by atoms with Gasteiger partial charge in [0.1, 0.15) is 11.8 Å². The third-order valence-electron chi connectivity index (χ3n) is 1.97. The zero-order valence-electron chi connectivity index (χ0n) is 8.66. The van der Waals surface area contributed by atoms with E-state index in [0.717, 1.165) is 0 Å². The Morgan fingerprint density at radius 3 is 2.88 bits per heavy atom. The SMILES string of the molecule is CCOC(=O)Cc1c(Br)ccc(C#N)c1O. The highest BCUT2D eigenvalue weighted by Gasteiger charge is 2.15. The minimum absolute atomic E-state index is 0.0597. The van der Waals surface area contributed by atoms with Gasteiger partial charge in [0.05, 0.1) is 18.6 Å². The van der Waals surface area contributed by atoms with Crippen LogP contribution in [0.2, 0.25) is 0 Å². The van der Waals surface area contributed by atoms with Gasteiger partial charge < -0.3 is 9.84 Å². The van der Waals surface area contributed by atoms with Gasteiger partial charge >= 0.3 is 5.97 Å². The van der Waals surface area contributed by atoms with Gasteiger partial charge in [-0.05, 0) is 19.1 Å². The first-order valence-corrected chi connectivity index (χ1v) is 5.45. The molecule has 0 unspecified atom stereocenters. The molecule has 5 heteroatoms. The van der Waals surface area contributed by atoms with Crippen LogP contribution < -0.4 is 0 Å². The maximum Gasteiger partial charge on any atom is 0.310 e. The normalized spacial score (nSPS) is 9.56. The van der Waals surface area contributed by atoms with E-state index < -0.39 is 5.97 Å². The molecule has 4 nitrogen and oxygen atoms in total. The van der Waals surface area contributed by atoms with Crippen LogP contribution in [0.15, 0.2) is 16.6 Å². The van der Waals surface area contributed by atoms with E-state index in [1.165, 1.54) is 6.07 Å². The number of hydrogen-bond donors (Lipinski definition) is 1. The summed E-state index contributed by atoms with van der Waals surface area (Å²) in [4.78, 5) is 11.3. The molecule has 0 spiro atoms. The Hall–Kier alpha value is -1.54. The Bertz CT molecular complexity index is 451. The second-order valence-corrected chi connectivity index (χ2v) is 3.87. The van der Waals surface area contributed by atoms with E-state index >= 15 is 0 Å². The molecule has 0 aliphatic heterocycles. The van der Waals surface area contributed by atoms with Crippen LogP contribution in [0.3, 0.4) is 0 Å². The topological polar surface area (TPSA) is 70.3 Å². The van der Waals surface area contributed by atoms with Gasteiger partial charge in [0.2, 0.25) is 0 Å². The van der Waals surface area contributed by atoms with Crippen LogP contribution in [0.4, 0.5) is 0 Å². The summed E-state index contributed by atoms with van der Waals surface area (Å²) in [5.74, 6) is -0.612. The summed E-state index contributed by atoms with van der Waals surface area (Å²) in [6.07, 6.45) is -0.0597. The van der Waals surface area contributed by atoms with Crippen molar-refractivity contribution < 1.29 is 14.6 Å². The number of nitrogens with zero attached hydrogens (tertiary/aromatic N) is 1. The first-order valence-electron chi connectivity index (χ1n) is 4.66. The molecule has 84 valence electrons. The molecule has 0 bridgehead atoms. The highest BCUT2D eigenvalue weighted by molar-refractivity contribution is 9.10. The molecule has 16 heavy (non-hydrogen) atoms. The van der Waals surface area contributed by atoms with Crippen molar-refractivity contribution in [1.29, 1.82) is 5.26 Å². The molecule has 0 aliphatic carbocycles. The summed E-state index contributed by atoms with van der Waals surface area (Å²) < 4.78 is 5.36. The van der Waals surface area contributed by atoms with E-state index in [1.807, 2.05) is 6.07 Å². The molecule has 0 aromatic heterocycles. The first kappa shape index (κ1) is 12.5. The summed E-state index contributed by atoms with van der Waals surface area (Å²) in [5.41, 5.74) is 0.514. The number of esters is 1. The van der Waals surface area contributed by atoms with Crippen molar-refractivity contribution in [3.63, 3.8) is 0 Å².